The van der Waals surface area contributed by atoms with Gasteiger partial charge >= 0.3 is 5.97 Å². The minimum atomic E-state index is -0.651. The fourth-order valence-corrected chi connectivity index (χ4v) is 1.53. The van der Waals surface area contributed by atoms with Crippen LogP contribution >= 0.6 is 23.2 Å². The second-order valence-corrected chi connectivity index (χ2v) is 3.35. The lowest BCUT2D eigenvalue weighted by Crippen LogP contribution is -2.16. The molecular weight excluding hydrogens is 241 g/mol. The number of rotatable bonds is 3. The van der Waals surface area contributed by atoms with Gasteiger partial charge in [0.1, 0.15) is 5.56 Å². The van der Waals surface area contributed by atoms with Crippen molar-refractivity contribution in [3.05, 3.63) is 27.7 Å². The van der Waals surface area contributed by atoms with Crippen LogP contribution in [0.25, 0.3) is 0 Å². The highest BCUT2D eigenvalue weighted by Gasteiger charge is 2.20. The molecule has 6 heteroatoms. The molecule has 15 heavy (non-hydrogen) atoms. The Bertz CT molecular complexity index is 382. The maximum Gasteiger partial charge on any atom is 0.362 e. The second-order valence-electron chi connectivity index (χ2n) is 2.53. The van der Waals surface area contributed by atoms with Gasteiger partial charge in [-0.2, -0.15) is 5.48 Å². The first kappa shape index (κ1) is 12.1. The van der Waals surface area contributed by atoms with Crippen LogP contribution in [0.5, 0.6) is 5.75 Å². The fourth-order valence-electron chi connectivity index (χ4n) is 1.07. The normalized spacial score (nSPS) is 9.87. The highest BCUT2D eigenvalue weighted by atomic mass is 35.5. The van der Waals surface area contributed by atoms with Crippen molar-refractivity contribution in [2.75, 3.05) is 14.2 Å². The summed E-state index contributed by atoms with van der Waals surface area (Å²) in [6, 6.07) is 3.04. The van der Waals surface area contributed by atoms with Crippen molar-refractivity contribution in [1.29, 1.82) is 0 Å². The number of benzene rings is 1. The number of ether oxygens (including phenoxy) is 1. The van der Waals surface area contributed by atoms with Crippen molar-refractivity contribution in [3.8, 4) is 5.75 Å². The lowest BCUT2D eigenvalue weighted by Gasteiger charge is -2.10. The topological polar surface area (TPSA) is 47.6 Å². The van der Waals surface area contributed by atoms with Crippen molar-refractivity contribution in [3.63, 3.8) is 0 Å². The zero-order chi connectivity index (χ0) is 11.4. The molecular formula is C9H9Cl2NO3. The quantitative estimate of drug-likeness (QED) is 0.836. The number of carbonyl (C=O) groups is 1. The van der Waals surface area contributed by atoms with Crippen LogP contribution in [-0.2, 0) is 4.84 Å². The minimum Gasteiger partial charge on any atom is -0.494 e. The van der Waals surface area contributed by atoms with E-state index in [2.05, 4.69) is 10.3 Å². The van der Waals surface area contributed by atoms with Gasteiger partial charge < -0.3 is 9.57 Å². The van der Waals surface area contributed by atoms with E-state index in [1.54, 1.807) is 6.07 Å². The third-order valence-electron chi connectivity index (χ3n) is 1.66. The molecule has 0 aromatic heterocycles. The molecule has 0 unspecified atom stereocenters. The van der Waals surface area contributed by atoms with E-state index in [0.717, 1.165) is 0 Å². The Hall–Kier alpha value is -0.970. The highest BCUT2D eigenvalue weighted by Crippen LogP contribution is 2.34. The number of hydroxylamine groups is 1. The number of methoxy groups -OCH3 is 1. The summed E-state index contributed by atoms with van der Waals surface area (Å²) in [7, 11) is 2.86. The maximum absolute atomic E-state index is 11.5. The molecule has 1 rings (SSSR count). The van der Waals surface area contributed by atoms with Crippen molar-refractivity contribution in [2.24, 2.45) is 0 Å². The molecule has 0 aliphatic heterocycles. The third-order valence-corrected chi connectivity index (χ3v) is 2.27. The van der Waals surface area contributed by atoms with Crippen LogP contribution in [0, 0.1) is 0 Å². The molecule has 0 amide bonds. The summed E-state index contributed by atoms with van der Waals surface area (Å²) in [6.07, 6.45) is 0. The van der Waals surface area contributed by atoms with Crippen LogP contribution in [0.2, 0.25) is 10.0 Å². The van der Waals surface area contributed by atoms with Gasteiger partial charge in [-0.05, 0) is 12.1 Å². The Labute approximate surface area is 97.0 Å². The molecule has 1 aromatic carbocycles. The number of hydrogen-bond acceptors (Lipinski definition) is 4. The summed E-state index contributed by atoms with van der Waals surface area (Å²) >= 11 is 11.7. The van der Waals surface area contributed by atoms with E-state index in [1.807, 2.05) is 0 Å². The van der Waals surface area contributed by atoms with Gasteiger partial charge in [-0.1, -0.05) is 23.2 Å². The van der Waals surface area contributed by atoms with E-state index >= 15 is 0 Å². The smallest absolute Gasteiger partial charge is 0.362 e. The summed E-state index contributed by atoms with van der Waals surface area (Å²) in [4.78, 5) is 16.1. The van der Waals surface area contributed by atoms with Gasteiger partial charge in [-0.3, -0.25) is 0 Å². The first-order chi connectivity index (χ1) is 7.11. The summed E-state index contributed by atoms with van der Waals surface area (Å²) in [5.74, 6) is -0.453. The molecule has 1 N–H and O–H groups in total. The van der Waals surface area contributed by atoms with Gasteiger partial charge in [-0.15, -0.1) is 0 Å². The maximum atomic E-state index is 11.5. The van der Waals surface area contributed by atoms with Crippen molar-refractivity contribution in [1.82, 2.24) is 5.48 Å². The Kier molecular flexibility index (Phi) is 4.20. The molecule has 0 atom stereocenters. The van der Waals surface area contributed by atoms with E-state index in [0.29, 0.717) is 5.02 Å². The van der Waals surface area contributed by atoms with Gasteiger partial charge in [0.2, 0.25) is 0 Å². The van der Waals surface area contributed by atoms with E-state index < -0.39 is 5.97 Å². The van der Waals surface area contributed by atoms with Crippen LogP contribution in [0.15, 0.2) is 12.1 Å². The summed E-state index contributed by atoms with van der Waals surface area (Å²) in [5, 5.41) is 0.515. The van der Waals surface area contributed by atoms with Gasteiger partial charge in [0.15, 0.2) is 5.75 Å². The van der Waals surface area contributed by atoms with Crippen LogP contribution in [0.3, 0.4) is 0 Å². The van der Waals surface area contributed by atoms with E-state index in [-0.39, 0.29) is 16.3 Å². The standard InChI is InChI=1S/C9H9Cl2NO3/c1-12-15-9(13)7-5(10)3-4-6(11)8(7)14-2/h3-4,12H,1-2H3. The Morgan fingerprint density at radius 2 is 1.93 bits per heavy atom. The molecule has 0 heterocycles. The average molecular weight is 250 g/mol. The fraction of sp³-hybridized carbons (Fsp3) is 0.222. The SMILES string of the molecule is CNOC(=O)c1c(Cl)ccc(Cl)c1OC. The van der Waals surface area contributed by atoms with Crippen LogP contribution in [0.1, 0.15) is 10.4 Å². The zero-order valence-electron chi connectivity index (χ0n) is 8.14. The van der Waals surface area contributed by atoms with E-state index in [1.165, 1.54) is 20.2 Å². The second kappa shape index (κ2) is 5.21. The number of nitrogens with one attached hydrogen (secondary N) is 1. The molecule has 1 aromatic rings. The Morgan fingerprint density at radius 1 is 1.33 bits per heavy atom. The molecule has 82 valence electrons. The number of hydrogen-bond donors (Lipinski definition) is 1. The summed E-state index contributed by atoms with van der Waals surface area (Å²) in [6.45, 7) is 0. The molecule has 0 saturated carbocycles. The van der Waals surface area contributed by atoms with Crippen LogP contribution in [-0.4, -0.2) is 20.1 Å². The molecule has 0 saturated heterocycles. The lowest BCUT2D eigenvalue weighted by molar-refractivity contribution is 0.0306. The Morgan fingerprint density at radius 3 is 2.47 bits per heavy atom. The predicted molar refractivity (Wildman–Crippen MR) is 57.5 cm³/mol. The first-order valence-electron chi connectivity index (χ1n) is 4.01. The lowest BCUT2D eigenvalue weighted by atomic mass is 10.2. The molecule has 0 spiro atoms. The largest absolute Gasteiger partial charge is 0.494 e. The molecule has 0 radical (unpaired) electrons. The minimum absolute atomic E-state index is 0.0982. The summed E-state index contributed by atoms with van der Waals surface area (Å²) in [5.41, 5.74) is 2.36. The monoisotopic (exact) mass is 249 g/mol. The van der Waals surface area contributed by atoms with Gasteiger partial charge in [0, 0.05) is 7.05 Å². The Balaban J connectivity index is 3.24. The molecule has 0 fully saturated rings. The zero-order valence-corrected chi connectivity index (χ0v) is 9.65. The summed E-state index contributed by atoms with van der Waals surface area (Å²) < 4.78 is 4.98. The van der Waals surface area contributed by atoms with Gasteiger partial charge in [0.05, 0.1) is 17.2 Å². The van der Waals surface area contributed by atoms with Crippen molar-refractivity contribution < 1.29 is 14.4 Å². The van der Waals surface area contributed by atoms with Crippen LogP contribution in [0.4, 0.5) is 0 Å². The van der Waals surface area contributed by atoms with E-state index in [4.69, 9.17) is 27.9 Å². The predicted octanol–water partition coefficient (Wildman–Crippen LogP) is 2.29. The van der Waals surface area contributed by atoms with Crippen LogP contribution < -0.4 is 10.2 Å². The average Bonchev–Trinajstić information content (AvgIpc) is 2.21. The molecule has 0 bridgehead atoms. The highest BCUT2D eigenvalue weighted by molar-refractivity contribution is 6.37. The third kappa shape index (κ3) is 2.53. The first-order valence-corrected chi connectivity index (χ1v) is 4.77. The van der Waals surface area contributed by atoms with Crippen molar-refractivity contribution >= 4 is 29.2 Å². The molecule has 4 nitrogen and oxygen atoms in total. The van der Waals surface area contributed by atoms with Gasteiger partial charge in [0.25, 0.3) is 0 Å². The number of carbonyl (C=O) groups excluding carboxylic acids is 1. The number of halogens is 2. The molecule has 0 aliphatic rings. The van der Waals surface area contributed by atoms with Crippen molar-refractivity contribution in [2.45, 2.75) is 0 Å². The molecule has 0 aliphatic carbocycles. The van der Waals surface area contributed by atoms with E-state index in [9.17, 15) is 4.79 Å². The van der Waals surface area contributed by atoms with Gasteiger partial charge in [-0.25, -0.2) is 4.79 Å².